The highest BCUT2D eigenvalue weighted by Crippen LogP contribution is 2.31. The van der Waals surface area contributed by atoms with Crippen molar-refractivity contribution in [2.24, 2.45) is 11.7 Å². The van der Waals surface area contributed by atoms with E-state index in [1.165, 1.54) is 5.56 Å². The van der Waals surface area contributed by atoms with Crippen LogP contribution < -0.4 is 15.8 Å². The molecule has 2 fully saturated rings. The largest absolute Gasteiger partial charge is 0.497 e. The van der Waals surface area contributed by atoms with Crippen LogP contribution in [0, 0.1) is 5.92 Å². The molecule has 0 aromatic heterocycles. The number of rotatable bonds is 10. The van der Waals surface area contributed by atoms with E-state index in [9.17, 15) is 9.59 Å². The zero-order valence-corrected chi connectivity index (χ0v) is 23.7. The number of hydrogen-bond donors (Lipinski definition) is 2. The lowest BCUT2D eigenvalue weighted by molar-refractivity contribution is -0.954. The Morgan fingerprint density at radius 1 is 1.13 bits per heavy atom. The van der Waals surface area contributed by atoms with E-state index in [1.54, 1.807) is 31.4 Å². The van der Waals surface area contributed by atoms with E-state index >= 15 is 0 Å². The van der Waals surface area contributed by atoms with Crippen LogP contribution in [-0.4, -0.2) is 86.3 Å². The van der Waals surface area contributed by atoms with Gasteiger partial charge in [0, 0.05) is 43.6 Å². The molecular weight excluding hydrogens is 492 g/mol. The van der Waals surface area contributed by atoms with Crippen molar-refractivity contribution < 1.29 is 23.5 Å². The molecule has 4 rings (SSSR count). The molecule has 2 aliphatic heterocycles. The number of carbonyl (C=O) groups excluding carboxylic acids is 2. The lowest BCUT2D eigenvalue weighted by atomic mass is 9.86. The van der Waals surface area contributed by atoms with Gasteiger partial charge in [0.15, 0.2) is 0 Å². The molecule has 2 atom stereocenters. The average molecular weight is 538 g/mol. The second-order valence-electron chi connectivity index (χ2n) is 11.1. The molecule has 2 amide bonds. The Morgan fingerprint density at radius 3 is 2.46 bits per heavy atom. The van der Waals surface area contributed by atoms with E-state index in [4.69, 9.17) is 15.2 Å². The van der Waals surface area contributed by atoms with E-state index in [2.05, 4.69) is 31.3 Å². The maximum Gasteiger partial charge on any atom is 0.255 e. The number of quaternary nitrogens is 1. The summed E-state index contributed by atoms with van der Waals surface area (Å²) < 4.78 is 11.6. The Balaban J connectivity index is 1.36. The topological polar surface area (TPSA) is 93.9 Å². The van der Waals surface area contributed by atoms with Crippen LogP contribution >= 0.6 is 0 Å². The molecule has 2 aromatic rings. The summed E-state index contributed by atoms with van der Waals surface area (Å²) in [5, 5.41) is 3.04. The van der Waals surface area contributed by atoms with Crippen LogP contribution in [0.1, 0.15) is 49.0 Å². The van der Waals surface area contributed by atoms with Crippen LogP contribution in [0.25, 0.3) is 0 Å². The molecule has 8 heteroatoms. The molecule has 3 N–H and O–H groups in total. The van der Waals surface area contributed by atoms with Crippen molar-refractivity contribution in [1.82, 2.24) is 4.90 Å². The van der Waals surface area contributed by atoms with Crippen LogP contribution in [0.5, 0.6) is 5.75 Å². The summed E-state index contributed by atoms with van der Waals surface area (Å²) in [6.45, 7) is 10.3. The average Bonchev–Trinajstić information content (AvgIpc) is 2.97. The fraction of sp³-hybridized carbons (Fsp3) is 0.548. The van der Waals surface area contributed by atoms with Gasteiger partial charge in [0.2, 0.25) is 5.91 Å². The van der Waals surface area contributed by atoms with Gasteiger partial charge >= 0.3 is 0 Å². The number of anilines is 1. The molecule has 0 spiro atoms. The summed E-state index contributed by atoms with van der Waals surface area (Å²) in [6, 6.07) is 15.3. The van der Waals surface area contributed by atoms with Gasteiger partial charge in [-0.15, -0.1) is 0 Å². The number of methoxy groups -OCH3 is 1. The lowest BCUT2D eigenvalue weighted by Gasteiger charge is -2.49. The normalized spacial score (nSPS) is 23.1. The number of nitrogens with two attached hydrogens (primary N) is 1. The van der Waals surface area contributed by atoms with Gasteiger partial charge < -0.3 is 29.9 Å². The molecule has 0 aliphatic carbocycles. The van der Waals surface area contributed by atoms with E-state index in [1.807, 2.05) is 17.0 Å². The summed E-state index contributed by atoms with van der Waals surface area (Å²) in [5.41, 5.74) is 9.12. The minimum atomic E-state index is -0.423. The Kier molecular flexibility index (Phi) is 9.99. The smallest absolute Gasteiger partial charge is 0.255 e. The third kappa shape index (κ3) is 7.18. The second kappa shape index (κ2) is 13.4. The van der Waals surface area contributed by atoms with Crippen molar-refractivity contribution in [2.45, 2.75) is 51.6 Å². The predicted molar refractivity (Wildman–Crippen MR) is 154 cm³/mol. The molecule has 2 saturated heterocycles. The van der Waals surface area contributed by atoms with Crippen LogP contribution in [0.15, 0.2) is 48.5 Å². The van der Waals surface area contributed by atoms with Gasteiger partial charge in [-0.05, 0) is 61.2 Å². The lowest BCUT2D eigenvalue weighted by Crippen LogP contribution is -2.61. The number of nitrogens with one attached hydrogen (secondary N) is 1. The number of ether oxygens (including phenoxy) is 2. The van der Waals surface area contributed by atoms with Crippen LogP contribution in [-0.2, 0) is 16.0 Å². The van der Waals surface area contributed by atoms with Crippen molar-refractivity contribution in [1.29, 1.82) is 0 Å². The number of piperidine rings is 1. The molecule has 2 unspecified atom stereocenters. The Hall–Kier alpha value is -2.94. The van der Waals surface area contributed by atoms with Crippen LogP contribution in [0.4, 0.5) is 5.69 Å². The molecule has 0 radical (unpaired) electrons. The SMILES string of the molecule is CCC[N+]1(C(C)Cc2cccc(NC(=O)c3ccc(OC)cc3)c2)CCC(C(N)C(=O)N2CCOCC2)CC1. The maximum absolute atomic E-state index is 13.0. The summed E-state index contributed by atoms with van der Waals surface area (Å²) in [4.78, 5) is 27.6. The van der Waals surface area contributed by atoms with E-state index in [-0.39, 0.29) is 17.7 Å². The molecule has 2 aromatic carbocycles. The molecule has 2 heterocycles. The molecule has 2 aliphatic rings. The number of amides is 2. The van der Waals surface area contributed by atoms with Gasteiger partial charge in [-0.3, -0.25) is 9.59 Å². The highest BCUT2D eigenvalue weighted by atomic mass is 16.5. The number of carbonyl (C=O) groups is 2. The Labute approximate surface area is 233 Å². The van der Waals surface area contributed by atoms with Crippen molar-refractivity contribution in [3.8, 4) is 5.75 Å². The summed E-state index contributed by atoms with van der Waals surface area (Å²) in [6.07, 6.45) is 3.99. The molecule has 0 saturated carbocycles. The maximum atomic E-state index is 13.0. The van der Waals surface area contributed by atoms with E-state index < -0.39 is 6.04 Å². The fourth-order valence-electron chi connectivity index (χ4n) is 6.24. The first-order valence-corrected chi connectivity index (χ1v) is 14.4. The minimum absolute atomic E-state index is 0.0837. The van der Waals surface area contributed by atoms with E-state index in [0.29, 0.717) is 37.9 Å². The minimum Gasteiger partial charge on any atom is -0.497 e. The third-order valence-corrected chi connectivity index (χ3v) is 8.68. The van der Waals surface area contributed by atoms with Crippen molar-refractivity contribution in [2.75, 3.05) is 58.4 Å². The second-order valence-corrected chi connectivity index (χ2v) is 11.1. The number of nitrogens with zero attached hydrogens (tertiary/aromatic N) is 2. The first kappa shape index (κ1) is 29.1. The van der Waals surface area contributed by atoms with Gasteiger partial charge in [0.05, 0.1) is 52.0 Å². The van der Waals surface area contributed by atoms with Crippen molar-refractivity contribution in [3.63, 3.8) is 0 Å². The van der Waals surface area contributed by atoms with Gasteiger partial charge in [0.25, 0.3) is 5.91 Å². The fourth-order valence-corrected chi connectivity index (χ4v) is 6.24. The van der Waals surface area contributed by atoms with Crippen LogP contribution in [0.2, 0.25) is 0 Å². The van der Waals surface area contributed by atoms with Gasteiger partial charge in [-0.1, -0.05) is 19.1 Å². The molecular formula is C31H45N4O4+. The first-order valence-electron chi connectivity index (χ1n) is 14.4. The van der Waals surface area contributed by atoms with Gasteiger partial charge in [-0.2, -0.15) is 0 Å². The highest BCUT2D eigenvalue weighted by Gasteiger charge is 2.41. The third-order valence-electron chi connectivity index (χ3n) is 8.68. The summed E-state index contributed by atoms with van der Waals surface area (Å²) >= 11 is 0. The van der Waals surface area contributed by atoms with Crippen molar-refractivity contribution in [3.05, 3.63) is 59.7 Å². The highest BCUT2D eigenvalue weighted by molar-refractivity contribution is 6.04. The number of likely N-dealkylation sites (tertiary alicyclic amines) is 1. The Bertz CT molecular complexity index is 1090. The molecule has 8 nitrogen and oxygen atoms in total. The zero-order valence-electron chi connectivity index (χ0n) is 23.7. The first-order chi connectivity index (χ1) is 18.8. The zero-order chi connectivity index (χ0) is 27.8. The molecule has 39 heavy (non-hydrogen) atoms. The summed E-state index contributed by atoms with van der Waals surface area (Å²) in [7, 11) is 1.61. The van der Waals surface area contributed by atoms with Crippen molar-refractivity contribution >= 4 is 17.5 Å². The van der Waals surface area contributed by atoms with Gasteiger partial charge in [0.1, 0.15) is 5.75 Å². The molecule has 0 bridgehead atoms. The number of hydrogen-bond acceptors (Lipinski definition) is 5. The summed E-state index contributed by atoms with van der Waals surface area (Å²) in [5.74, 6) is 0.899. The predicted octanol–water partition coefficient (Wildman–Crippen LogP) is 3.70. The standard InChI is InChI=1S/C31H44N4O4/c1-4-16-35(17-12-25(13-18-35)29(32)31(37)34-14-19-39-20-15-34)23(2)21-24-6-5-7-27(22-24)33-30(36)26-8-10-28(38-3)11-9-26/h5-11,22-23,25,29H,4,12-21,32H2,1-3H3/p+1. The van der Waals surface area contributed by atoms with Gasteiger partial charge in [-0.25, -0.2) is 0 Å². The van der Waals surface area contributed by atoms with E-state index in [0.717, 1.165) is 61.2 Å². The number of morpholine rings is 1. The van der Waals surface area contributed by atoms with Crippen LogP contribution in [0.3, 0.4) is 0 Å². The monoisotopic (exact) mass is 537 g/mol. The number of benzene rings is 2. The Morgan fingerprint density at radius 2 is 1.82 bits per heavy atom. The quantitative estimate of drug-likeness (QED) is 0.451. The molecule has 212 valence electrons.